The van der Waals surface area contributed by atoms with E-state index in [0.717, 1.165) is 11.3 Å². The maximum atomic E-state index is 11.0. The van der Waals surface area contributed by atoms with Crippen LogP contribution in [0.3, 0.4) is 0 Å². The van der Waals surface area contributed by atoms with Crippen LogP contribution in [0.25, 0.3) is 0 Å². The number of rotatable bonds is 5. The summed E-state index contributed by atoms with van der Waals surface area (Å²) in [6.07, 6.45) is 0.658. The molecule has 2 aromatic rings. The van der Waals surface area contributed by atoms with Gasteiger partial charge in [0.15, 0.2) is 6.29 Å². The van der Waals surface area contributed by atoms with E-state index in [1.54, 1.807) is 44.4 Å². The van der Waals surface area contributed by atoms with Gasteiger partial charge in [0.2, 0.25) is 0 Å². The van der Waals surface area contributed by atoms with Crippen molar-refractivity contribution >= 4 is 6.29 Å². The molecule has 106 valence electrons. The molecular formula is C16H14N2O3. The number of pyridine rings is 1. The lowest BCUT2D eigenvalue weighted by molar-refractivity contribution is 0.111. The van der Waals surface area contributed by atoms with Crippen LogP contribution in [-0.2, 0) is 6.61 Å². The molecule has 0 unspecified atom stereocenters. The van der Waals surface area contributed by atoms with Gasteiger partial charge in [-0.1, -0.05) is 0 Å². The van der Waals surface area contributed by atoms with Crippen LogP contribution in [0.1, 0.15) is 27.3 Å². The molecule has 0 bridgehead atoms. The third-order valence-electron chi connectivity index (χ3n) is 2.93. The highest BCUT2D eigenvalue weighted by atomic mass is 16.5. The zero-order valence-corrected chi connectivity index (χ0v) is 11.8. The van der Waals surface area contributed by atoms with Gasteiger partial charge < -0.3 is 9.47 Å². The summed E-state index contributed by atoms with van der Waals surface area (Å²) in [5, 5.41) is 8.94. The van der Waals surface area contributed by atoms with E-state index in [1.807, 2.05) is 0 Å². The Kier molecular flexibility index (Phi) is 4.52. The molecule has 21 heavy (non-hydrogen) atoms. The molecule has 1 aromatic heterocycles. The number of carbonyl (C=O) groups is 1. The van der Waals surface area contributed by atoms with Gasteiger partial charge in [-0.2, -0.15) is 5.26 Å². The summed E-state index contributed by atoms with van der Waals surface area (Å²) in [5.41, 5.74) is 2.25. The van der Waals surface area contributed by atoms with Crippen LogP contribution < -0.4 is 9.47 Å². The van der Waals surface area contributed by atoms with E-state index in [-0.39, 0.29) is 12.3 Å². The number of hydrogen-bond donors (Lipinski definition) is 0. The monoisotopic (exact) mass is 282 g/mol. The van der Waals surface area contributed by atoms with E-state index in [4.69, 9.17) is 14.7 Å². The van der Waals surface area contributed by atoms with Crippen molar-refractivity contribution in [1.29, 1.82) is 5.26 Å². The Hall–Kier alpha value is -2.87. The van der Waals surface area contributed by atoms with E-state index >= 15 is 0 Å². The van der Waals surface area contributed by atoms with Gasteiger partial charge in [0.05, 0.1) is 18.7 Å². The summed E-state index contributed by atoms with van der Waals surface area (Å²) >= 11 is 0. The Morgan fingerprint density at radius 2 is 2.05 bits per heavy atom. The van der Waals surface area contributed by atoms with Gasteiger partial charge in [-0.05, 0) is 37.3 Å². The number of nitriles is 1. The number of aldehydes is 1. The first-order valence-corrected chi connectivity index (χ1v) is 6.30. The fourth-order valence-corrected chi connectivity index (χ4v) is 1.89. The van der Waals surface area contributed by atoms with Crippen LogP contribution in [-0.4, -0.2) is 18.4 Å². The molecule has 5 heteroatoms. The molecule has 0 radical (unpaired) electrons. The predicted molar refractivity (Wildman–Crippen MR) is 76.4 cm³/mol. The average molecular weight is 282 g/mol. The molecule has 0 saturated carbocycles. The average Bonchev–Trinajstić information content (AvgIpc) is 2.53. The van der Waals surface area contributed by atoms with E-state index in [9.17, 15) is 4.79 Å². The number of ether oxygens (including phenoxy) is 2. The Morgan fingerprint density at radius 1 is 1.29 bits per heavy atom. The molecule has 0 spiro atoms. The molecule has 0 amide bonds. The highest BCUT2D eigenvalue weighted by Crippen LogP contribution is 2.23. The van der Waals surface area contributed by atoms with E-state index in [1.165, 1.54) is 0 Å². The van der Waals surface area contributed by atoms with Gasteiger partial charge in [0, 0.05) is 11.3 Å². The quantitative estimate of drug-likeness (QED) is 0.788. The second-order valence-electron chi connectivity index (χ2n) is 4.38. The molecule has 2 rings (SSSR count). The topological polar surface area (TPSA) is 72.2 Å². The van der Waals surface area contributed by atoms with E-state index in [0.29, 0.717) is 23.3 Å². The molecule has 5 nitrogen and oxygen atoms in total. The van der Waals surface area contributed by atoms with E-state index in [2.05, 4.69) is 11.1 Å². The van der Waals surface area contributed by atoms with Gasteiger partial charge >= 0.3 is 0 Å². The number of carbonyl (C=O) groups excluding carboxylic acids is 1. The molecule has 0 saturated heterocycles. The van der Waals surface area contributed by atoms with Gasteiger partial charge in [0.1, 0.15) is 23.8 Å². The number of nitrogens with zero attached hydrogens (tertiary/aromatic N) is 2. The van der Waals surface area contributed by atoms with Crippen LogP contribution in [0, 0.1) is 18.3 Å². The van der Waals surface area contributed by atoms with Crippen molar-refractivity contribution in [3.05, 3.63) is 52.8 Å². The molecular weight excluding hydrogens is 268 g/mol. The number of hydrogen-bond acceptors (Lipinski definition) is 5. The third kappa shape index (κ3) is 3.37. The summed E-state index contributed by atoms with van der Waals surface area (Å²) in [4.78, 5) is 15.1. The lowest BCUT2D eigenvalue weighted by atomic mass is 10.1. The maximum absolute atomic E-state index is 11.0. The summed E-state index contributed by atoms with van der Waals surface area (Å²) in [6.45, 7) is 1.99. The maximum Gasteiger partial charge on any atom is 0.172 e. The fraction of sp³-hybridized carbons (Fsp3) is 0.188. The molecule has 0 atom stereocenters. The molecule has 0 aliphatic carbocycles. The van der Waals surface area contributed by atoms with Crippen molar-refractivity contribution in [1.82, 2.24) is 4.98 Å². The molecule has 1 heterocycles. The summed E-state index contributed by atoms with van der Waals surface area (Å²) < 4.78 is 10.9. The van der Waals surface area contributed by atoms with Crippen molar-refractivity contribution in [2.75, 3.05) is 7.11 Å². The third-order valence-corrected chi connectivity index (χ3v) is 2.93. The molecule has 0 fully saturated rings. The predicted octanol–water partition coefficient (Wildman–Crippen LogP) is 2.66. The Morgan fingerprint density at radius 3 is 2.71 bits per heavy atom. The first-order chi connectivity index (χ1) is 10.2. The minimum atomic E-state index is 0.185. The van der Waals surface area contributed by atoms with Gasteiger partial charge in [-0.15, -0.1) is 0 Å². The second kappa shape index (κ2) is 6.53. The number of aryl methyl sites for hydroxylation is 1. The lowest BCUT2D eigenvalue weighted by Crippen LogP contribution is -2.03. The highest BCUT2D eigenvalue weighted by molar-refractivity contribution is 5.76. The van der Waals surface area contributed by atoms with E-state index < -0.39 is 0 Å². The Bertz CT molecular complexity index is 705. The first kappa shape index (κ1) is 14.5. The number of methoxy groups -OCH3 is 1. The summed E-state index contributed by atoms with van der Waals surface area (Å²) in [7, 11) is 1.55. The molecule has 0 aliphatic heterocycles. The van der Waals surface area contributed by atoms with Crippen LogP contribution in [0.5, 0.6) is 11.5 Å². The second-order valence-corrected chi connectivity index (χ2v) is 4.38. The SMILES string of the molecule is COc1ccc(C#N)cc1COc1ccc(C)nc1C=O. The Labute approximate surface area is 122 Å². The fourth-order valence-electron chi connectivity index (χ4n) is 1.89. The minimum absolute atomic E-state index is 0.185. The first-order valence-electron chi connectivity index (χ1n) is 6.30. The molecule has 0 N–H and O–H groups in total. The summed E-state index contributed by atoms with van der Waals surface area (Å²) in [6, 6.07) is 10.6. The van der Waals surface area contributed by atoms with Gasteiger partial charge in [-0.25, -0.2) is 4.98 Å². The van der Waals surface area contributed by atoms with Crippen LogP contribution in [0.4, 0.5) is 0 Å². The standard InChI is InChI=1S/C16H14N2O3/c1-11-3-5-16(14(9-19)18-11)21-10-13-7-12(8-17)4-6-15(13)20-2/h3-7,9H,10H2,1-2H3. The van der Waals surface area contributed by atoms with Crippen molar-refractivity contribution < 1.29 is 14.3 Å². The summed E-state index contributed by atoms with van der Waals surface area (Å²) in [5.74, 6) is 1.03. The van der Waals surface area contributed by atoms with Crippen LogP contribution >= 0.6 is 0 Å². The largest absolute Gasteiger partial charge is 0.496 e. The Balaban J connectivity index is 2.24. The normalized spacial score (nSPS) is 9.76. The molecule has 0 aliphatic rings. The smallest absolute Gasteiger partial charge is 0.172 e. The van der Waals surface area contributed by atoms with Gasteiger partial charge in [0.25, 0.3) is 0 Å². The number of aromatic nitrogens is 1. The zero-order chi connectivity index (χ0) is 15.2. The van der Waals surface area contributed by atoms with Crippen molar-refractivity contribution in [3.8, 4) is 17.6 Å². The van der Waals surface area contributed by atoms with Crippen molar-refractivity contribution in [2.24, 2.45) is 0 Å². The van der Waals surface area contributed by atoms with Crippen molar-refractivity contribution in [3.63, 3.8) is 0 Å². The highest BCUT2D eigenvalue weighted by Gasteiger charge is 2.09. The molecule has 1 aromatic carbocycles. The van der Waals surface area contributed by atoms with Crippen LogP contribution in [0.15, 0.2) is 30.3 Å². The van der Waals surface area contributed by atoms with Gasteiger partial charge in [-0.3, -0.25) is 4.79 Å². The lowest BCUT2D eigenvalue weighted by Gasteiger charge is -2.11. The van der Waals surface area contributed by atoms with Crippen molar-refractivity contribution in [2.45, 2.75) is 13.5 Å². The zero-order valence-electron chi connectivity index (χ0n) is 11.8. The number of benzene rings is 1. The minimum Gasteiger partial charge on any atom is -0.496 e. The van der Waals surface area contributed by atoms with Crippen LogP contribution in [0.2, 0.25) is 0 Å².